The Labute approximate surface area is 130 Å². The molecule has 3 rings (SSSR count). The quantitative estimate of drug-likeness (QED) is 0.912. The standard InChI is InChI=1S/C17H21N3O2/c1-20-10-7-14(8-11-20)22-15-5-2-4-13(12-15)19-17(21)16-6-3-9-18-16/h2-6,9,12,14,18H,7-8,10-11H2,1H3,(H,19,21). The first-order valence-corrected chi connectivity index (χ1v) is 7.61. The number of aromatic nitrogens is 1. The lowest BCUT2D eigenvalue weighted by Crippen LogP contribution is -2.35. The van der Waals surface area contributed by atoms with E-state index in [2.05, 4.69) is 22.2 Å². The van der Waals surface area contributed by atoms with Gasteiger partial charge in [-0.25, -0.2) is 0 Å². The zero-order valence-electron chi connectivity index (χ0n) is 12.7. The van der Waals surface area contributed by atoms with Crippen molar-refractivity contribution in [3.63, 3.8) is 0 Å². The van der Waals surface area contributed by atoms with Crippen molar-refractivity contribution in [3.8, 4) is 5.75 Å². The Hall–Kier alpha value is -2.27. The van der Waals surface area contributed by atoms with E-state index < -0.39 is 0 Å². The van der Waals surface area contributed by atoms with E-state index in [1.807, 2.05) is 24.3 Å². The molecule has 0 aliphatic carbocycles. The van der Waals surface area contributed by atoms with Crippen LogP contribution in [-0.4, -0.2) is 42.0 Å². The number of carbonyl (C=O) groups excluding carboxylic acids is 1. The molecule has 2 N–H and O–H groups in total. The molecule has 116 valence electrons. The summed E-state index contributed by atoms with van der Waals surface area (Å²) in [4.78, 5) is 17.2. The van der Waals surface area contributed by atoms with Gasteiger partial charge in [0.05, 0.1) is 0 Å². The van der Waals surface area contributed by atoms with Crippen LogP contribution < -0.4 is 10.1 Å². The molecule has 1 amide bonds. The Bertz CT molecular complexity index is 617. The van der Waals surface area contributed by atoms with Crippen molar-refractivity contribution in [3.05, 3.63) is 48.3 Å². The summed E-state index contributed by atoms with van der Waals surface area (Å²) in [6.07, 6.45) is 4.06. The van der Waals surface area contributed by atoms with Crippen LogP contribution >= 0.6 is 0 Å². The first-order chi connectivity index (χ1) is 10.7. The second-order valence-electron chi connectivity index (χ2n) is 5.69. The molecule has 2 aromatic rings. The highest BCUT2D eigenvalue weighted by Crippen LogP contribution is 2.22. The minimum Gasteiger partial charge on any atom is -0.490 e. The molecule has 1 aromatic heterocycles. The molecule has 1 aliphatic heterocycles. The molecule has 0 unspecified atom stereocenters. The summed E-state index contributed by atoms with van der Waals surface area (Å²) in [5.74, 6) is 0.653. The first-order valence-electron chi connectivity index (χ1n) is 7.61. The van der Waals surface area contributed by atoms with Crippen molar-refractivity contribution in [1.82, 2.24) is 9.88 Å². The topological polar surface area (TPSA) is 57.4 Å². The van der Waals surface area contributed by atoms with Crippen LogP contribution in [0.2, 0.25) is 0 Å². The van der Waals surface area contributed by atoms with Crippen LogP contribution in [0.25, 0.3) is 0 Å². The Morgan fingerprint density at radius 3 is 2.82 bits per heavy atom. The molecule has 0 atom stereocenters. The zero-order valence-corrected chi connectivity index (χ0v) is 12.7. The molecule has 22 heavy (non-hydrogen) atoms. The van der Waals surface area contributed by atoms with E-state index in [-0.39, 0.29) is 12.0 Å². The first kappa shape index (κ1) is 14.7. The lowest BCUT2D eigenvalue weighted by molar-refractivity contribution is 0.102. The summed E-state index contributed by atoms with van der Waals surface area (Å²) < 4.78 is 6.03. The molecule has 2 heterocycles. The van der Waals surface area contributed by atoms with Crippen LogP contribution in [0.15, 0.2) is 42.6 Å². The van der Waals surface area contributed by atoms with Gasteiger partial charge in [-0.2, -0.15) is 0 Å². The van der Waals surface area contributed by atoms with Gasteiger partial charge in [-0.1, -0.05) is 6.07 Å². The molecule has 0 bridgehead atoms. The molecule has 5 heteroatoms. The predicted octanol–water partition coefficient (Wildman–Crippen LogP) is 2.74. The Balaban J connectivity index is 1.61. The number of benzene rings is 1. The summed E-state index contributed by atoms with van der Waals surface area (Å²) in [6.45, 7) is 2.13. The monoisotopic (exact) mass is 299 g/mol. The van der Waals surface area contributed by atoms with Crippen molar-refractivity contribution in [1.29, 1.82) is 0 Å². The lowest BCUT2D eigenvalue weighted by Gasteiger charge is -2.29. The van der Waals surface area contributed by atoms with Gasteiger partial charge in [-0.15, -0.1) is 0 Å². The van der Waals surface area contributed by atoms with Crippen LogP contribution in [0.5, 0.6) is 5.75 Å². The van der Waals surface area contributed by atoms with Crippen molar-refractivity contribution >= 4 is 11.6 Å². The van der Waals surface area contributed by atoms with Crippen LogP contribution in [0.3, 0.4) is 0 Å². The Morgan fingerprint density at radius 2 is 2.09 bits per heavy atom. The van der Waals surface area contributed by atoms with E-state index in [1.165, 1.54) is 0 Å². The third kappa shape index (κ3) is 3.68. The summed E-state index contributed by atoms with van der Waals surface area (Å²) >= 11 is 0. The van der Waals surface area contributed by atoms with E-state index in [1.54, 1.807) is 18.3 Å². The maximum absolute atomic E-state index is 12.0. The fraction of sp³-hybridized carbons (Fsp3) is 0.353. The number of aromatic amines is 1. The van der Waals surface area contributed by atoms with Gasteiger partial charge < -0.3 is 19.9 Å². The number of nitrogens with zero attached hydrogens (tertiary/aromatic N) is 1. The number of hydrogen-bond acceptors (Lipinski definition) is 3. The van der Waals surface area contributed by atoms with E-state index in [0.717, 1.165) is 37.4 Å². The summed E-state index contributed by atoms with van der Waals surface area (Å²) in [5.41, 5.74) is 1.28. The van der Waals surface area contributed by atoms with Crippen molar-refractivity contribution in [2.45, 2.75) is 18.9 Å². The van der Waals surface area contributed by atoms with Gasteiger partial charge in [0.2, 0.25) is 0 Å². The molecular weight excluding hydrogens is 278 g/mol. The highest BCUT2D eigenvalue weighted by molar-refractivity contribution is 6.02. The van der Waals surface area contributed by atoms with Crippen LogP contribution in [-0.2, 0) is 0 Å². The maximum Gasteiger partial charge on any atom is 0.272 e. The predicted molar refractivity (Wildman–Crippen MR) is 86.3 cm³/mol. The highest BCUT2D eigenvalue weighted by Gasteiger charge is 2.18. The van der Waals surface area contributed by atoms with Crippen LogP contribution in [0, 0.1) is 0 Å². The second kappa shape index (κ2) is 6.66. The summed E-state index contributed by atoms with van der Waals surface area (Å²) in [5, 5.41) is 2.87. The number of rotatable bonds is 4. The largest absolute Gasteiger partial charge is 0.490 e. The van der Waals surface area contributed by atoms with Gasteiger partial charge >= 0.3 is 0 Å². The normalized spacial score (nSPS) is 16.4. The van der Waals surface area contributed by atoms with E-state index in [0.29, 0.717) is 5.69 Å². The maximum atomic E-state index is 12.0. The third-order valence-corrected chi connectivity index (χ3v) is 3.90. The number of anilines is 1. The van der Waals surface area contributed by atoms with Crippen LogP contribution in [0.4, 0.5) is 5.69 Å². The lowest BCUT2D eigenvalue weighted by atomic mass is 10.1. The number of carbonyl (C=O) groups is 1. The van der Waals surface area contributed by atoms with Crippen molar-refractivity contribution in [2.24, 2.45) is 0 Å². The molecule has 0 radical (unpaired) electrons. The number of likely N-dealkylation sites (tertiary alicyclic amines) is 1. The number of nitrogens with one attached hydrogen (secondary N) is 2. The third-order valence-electron chi connectivity index (χ3n) is 3.90. The minimum atomic E-state index is -0.151. The minimum absolute atomic E-state index is 0.151. The van der Waals surface area contributed by atoms with Gasteiger partial charge in [0, 0.05) is 31.0 Å². The van der Waals surface area contributed by atoms with Gasteiger partial charge in [0.25, 0.3) is 5.91 Å². The highest BCUT2D eigenvalue weighted by atomic mass is 16.5. The molecule has 1 saturated heterocycles. The fourth-order valence-electron chi connectivity index (χ4n) is 2.61. The van der Waals surface area contributed by atoms with Gasteiger partial charge in [0.1, 0.15) is 17.5 Å². The average molecular weight is 299 g/mol. The molecule has 0 spiro atoms. The number of H-pyrrole nitrogens is 1. The molecule has 5 nitrogen and oxygen atoms in total. The number of piperidine rings is 1. The molecule has 1 fully saturated rings. The molecule has 1 aromatic carbocycles. The smallest absolute Gasteiger partial charge is 0.272 e. The SMILES string of the molecule is CN1CCC(Oc2cccc(NC(=O)c3ccc[nH]3)c2)CC1. The van der Waals surface area contributed by atoms with E-state index in [9.17, 15) is 4.79 Å². The second-order valence-corrected chi connectivity index (χ2v) is 5.69. The summed E-state index contributed by atoms with van der Waals surface area (Å²) in [6, 6.07) is 11.1. The number of ether oxygens (including phenoxy) is 1. The fourth-order valence-corrected chi connectivity index (χ4v) is 2.61. The van der Waals surface area contributed by atoms with E-state index in [4.69, 9.17) is 4.74 Å². The van der Waals surface area contributed by atoms with Gasteiger partial charge in [-0.05, 0) is 44.2 Å². The van der Waals surface area contributed by atoms with Gasteiger partial charge in [-0.3, -0.25) is 4.79 Å². The van der Waals surface area contributed by atoms with Crippen molar-refractivity contribution in [2.75, 3.05) is 25.5 Å². The molecule has 0 saturated carbocycles. The Morgan fingerprint density at radius 1 is 1.27 bits per heavy atom. The number of amides is 1. The van der Waals surface area contributed by atoms with Gasteiger partial charge in [0.15, 0.2) is 0 Å². The molecule has 1 aliphatic rings. The Kier molecular flexibility index (Phi) is 4.44. The summed E-state index contributed by atoms with van der Waals surface area (Å²) in [7, 11) is 2.13. The van der Waals surface area contributed by atoms with Crippen molar-refractivity contribution < 1.29 is 9.53 Å². The van der Waals surface area contributed by atoms with E-state index >= 15 is 0 Å². The molecular formula is C17H21N3O2. The number of hydrogen-bond donors (Lipinski definition) is 2. The average Bonchev–Trinajstić information content (AvgIpc) is 3.04. The zero-order chi connectivity index (χ0) is 15.4. The van der Waals surface area contributed by atoms with Crippen LogP contribution in [0.1, 0.15) is 23.3 Å².